The molecule has 3 atom stereocenters. The minimum Gasteiger partial charge on any atom is -0.390 e. The zero-order valence-electron chi connectivity index (χ0n) is 12.6. The number of nitrogens with one attached hydrogen (secondary N) is 2. The highest BCUT2D eigenvalue weighted by molar-refractivity contribution is 5.78. The number of carbonyl (C=O) groups excluding carboxylic acids is 2. The fourth-order valence-electron chi connectivity index (χ4n) is 3.25. The Labute approximate surface area is 129 Å². The van der Waals surface area contributed by atoms with Crippen LogP contribution >= 0.6 is 0 Å². The number of nitrogens with zero attached hydrogens (tertiary/aromatic N) is 1. The van der Waals surface area contributed by atoms with Crippen LogP contribution < -0.4 is 10.6 Å². The quantitative estimate of drug-likeness (QED) is 0.747. The lowest BCUT2D eigenvalue weighted by Gasteiger charge is -2.30. The molecule has 6 heteroatoms. The molecule has 1 saturated heterocycles. The number of rotatable bonds is 2. The van der Waals surface area contributed by atoms with Gasteiger partial charge in [0.25, 0.3) is 0 Å². The highest BCUT2D eigenvalue weighted by atomic mass is 16.3. The van der Waals surface area contributed by atoms with Crippen LogP contribution in [0.4, 0.5) is 4.79 Å². The van der Waals surface area contributed by atoms with Crippen molar-refractivity contribution in [2.24, 2.45) is 0 Å². The second-order valence-corrected chi connectivity index (χ2v) is 6.08. The van der Waals surface area contributed by atoms with E-state index >= 15 is 0 Å². The fraction of sp³-hybridized carbons (Fsp3) is 0.500. The molecule has 1 aliphatic carbocycles. The summed E-state index contributed by atoms with van der Waals surface area (Å²) in [5.41, 5.74) is 2.05. The van der Waals surface area contributed by atoms with Crippen LogP contribution in [0.25, 0.3) is 0 Å². The number of aliphatic hydroxyl groups excluding tert-OH is 1. The summed E-state index contributed by atoms with van der Waals surface area (Å²) in [6.45, 7) is 0.524. The Morgan fingerprint density at radius 1 is 1.32 bits per heavy atom. The van der Waals surface area contributed by atoms with Gasteiger partial charge < -0.3 is 20.6 Å². The molecule has 1 fully saturated rings. The van der Waals surface area contributed by atoms with Gasteiger partial charge in [0.15, 0.2) is 0 Å². The van der Waals surface area contributed by atoms with Crippen molar-refractivity contribution in [1.29, 1.82) is 0 Å². The van der Waals surface area contributed by atoms with E-state index in [0.717, 1.165) is 11.1 Å². The van der Waals surface area contributed by atoms with Gasteiger partial charge in [-0.2, -0.15) is 0 Å². The third kappa shape index (κ3) is 2.92. The maximum absolute atomic E-state index is 12.2. The summed E-state index contributed by atoms with van der Waals surface area (Å²) in [6, 6.07) is 7.03. The van der Waals surface area contributed by atoms with E-state index in [2.05, 4.69) is 10.6 Å². The number of fused-ring (bicyclic) bond motifs is 1. The van der Waals surface area contributed by atoms with Gasteiger partial charge in [0.2, 0.25) is 5.91 Å². The van der Waals surface area contributed by atoms with E-state index in [0.29, 0.717) is 25.8 Å². The number of amides is 3. The maximum atomic E-state index is 12.2. The predicted molar refractivity (Wildman–Crippen MR) is 81.2 cm³/mol. The summed E-state index contributed by atoms with van der Waals surface area (Å²) in [5, 5.41) is 15.9. The maximum Gasteiger partial charge on any atom is 0.315 e. The molecule has 3 rings (SSSR count). The summed E-state index contributed by atoms with van der Waals surface area (Å²) in [5.74, 6) is 0.110. The first-order chi connectivity index (χ1) is 10.5. The lowest BCUT2D eigenvalue weighted by atomic mass is 10.1. The van der Waals surface area contributed by atoms with Gasteiger partial charge in [-0.1, -0.05) is 24.3 Å². The average Bonchev–Trinajstić information content (AvgIpc) is 2.79. The van der Waals surface area contributed by atoms with Crippen molar-refractivity contribution in [2.75, 3.05) is 13.6 Å². The third-order valence-electron chi connectivity index (χ3n) is 4.45. The summed E-state index contributed by atoms with van der Waals surface area (Å²) in [6.07, 6.45) is 1.07. The SMILES string of the molecule is CN1CC(NC(=O)NC2c3ccccc3CC2O)CCC1=O. The first kappa shape index (κ1) is 14.8. The average molecular weight is 303 g/mol. The van der Waals surface area contributed by atoms with E-state index in [4.69, 9.17) is 0 Å². The minimum absolute atomic E-state index is 0.0449. The van der Waals surface area contributed by atoms with Crippen LogP contribution in [0.3, 0.4) is 0 Å². The zero-order valence-corrected chi connectivity index (χ0v) is 12.6. The van der Waals surface area contributed by atoms with Crippen LogP contribution in [0.5, 0.6) is 0 Å². The molecule has 3 unspecified atom stereocenters. The predicted octanol–water partition coefficient (Wildman–Crippen LogP) is 0.565. The molecule has 3 amide bonds. The number of hydrogen-bond donors (Lipinski definition) is 3. The number of piperidine rings is 1. The summed E-state index contributed by atoms with van der Waals surface area (Å²) >= 11 is 0. The van der Waals surface area contributed by atoms with E-state index in [1.165, 1.54) is 0 Å². The minimum atomic E-state index is -0.598. The molecule has 0 saturated carbocycles. The van der Waals surface area contributed by atoms with Crippen LogP contribution in [0.1, 0.15) is 30.0 Å². The number of carbonyl (C=O) groups is 2. The molecule has 3 N–H and O–H groups in total. The fourth-order valence-corrected chi connectivity index (χ4v) is 3.25. The van der Waals surface area contributed by atoms with Crippen molar-refractivity contribution >= 4 is 11.9 Å². The van der Waals surface area contributed by atoms with Crippen molar-refractivity contribution in [2.45, 2.75) is 37.5 Å². The summed E-state index contributed by atoms with van der Waals surface area (Å²) in [7, 11) is 1.74. The molecule has 0 radical (unpaired) electrons. The standard InChI is InChI=1S/C16H21N3O3/c1-19-9-11(6-7-14(19)21)17-16(22)18-15-12-5-3-2-4-10(12)8-13(15)20/h2-5,11,13,15,20H,6-9H2,1H3,(H2,17,18,22). The van der Waals surface area contributed by atoms with E-state index in [9.17, 15) is 14.7 Å². The van der Waals surface area contributed by atoms with E-state index in [1.54, 1.807) is 11.9 Å². The van der Waals surface area contributed by atoms with Crippen LogP contribution in [-0.4, -0.2) is 47.7 Å². The highest BCUT2D eigenvalue weighted by Gasteiger charge is 2.32. The van der Waals surface area contributed by atoms with Crippen LogP contribution in [-0.2, 0) is 11.2 Å². The first-order valence-electron chi connectivity index (χ1n) is 7.61. The number of aliphatic hydroxyl groups is 1. The number of benzene rings is 1. The second kappa shape index (κ2) is 5.96. The zero-order chi connectivity index (χ0) is 15.7. The van der Waals surface area contributed by atoms with Crippen molar-refractivity contribution in [3.63, 3.8) is 0 Å². The van der Waals surface area contributed by atoms with E-state index < -0.39 is 6.10 Å². The number of likely N-dealkylation sites (tertiary alicyclic amines) is 1. The molecular formula is C16H21N3O3. The lowest BCUT2D eigenvalue weighted by Crippen LogP contribution is -2.52. The molecule has 1 heterocycles. The van der Waals surface area contributed by atoms with Crippen LogP contribution in [0.2, 0.25) is 0 Å². The Kier molecular flexibility index (Phi) is 4.02. The molecule has 1 aromatic rings. The van der Waals surface area contributed by atoms with Gasteiger partial charge in [0.1, 0.15) is 0 Å². The smallest absolute Gasteiger partial charge is 0.315 e. The topological polar surface area (TPSA) is 81.7 Å². The summed E-state index contributed by atoms with van der Waals surface area (Å²) < 4.78 is 0. The Morgan fingerprint density at radius 3 is 2.86 bits per heavy atom. The molecule has 22 heavy (non-hydrogen) atoms. The number of hydrogen-bond acceptors (Lipinski definition) is 3. The highest BCUT2D eigenvalue weighted by Crippen LogP contribution is 2.31. The molecule has 118 valence electrons. The monoisotopic (exact) mass is 303 g/mol. The van der Waals surface area contributed by atoms with Gasteiger partial charge in [-0.3, -0.25) is 4.79 Å². The third-order valence-corrected chi connectivity index (χ3v) is 4.45. The van der Waals surface area contributed by atoms with E-state index in [-0.39, 0.29) is 24.0 Å². The molecule has 2 aliphatic rings. The van der Waals surface area contributed by atoms with Crippen molar-refractivity contribution in [1.82, 2.24) is 15.5 Å². The molecule has 0 bridgehead atoms. The lowest BCUT2D eigenvalue weighted by molar-refractivity contribution is -0.132. The molecule has 0 aromatic heterocycles. The van der Waals surface area contributed by atoms with Gasteiger partial charge in [-0.05, 0) is 17.5 Å². The van der Waals surface area contributed by atoms with Crippen LogP contribution in [0.15, 0.2) is 24.3 Å². The number of likely N-dealkylation sites (N-methyl/N-ethyl adjacent to an activating group) is 1. The molecule has 1 aromatic carbocycles. The van der Waals surface area contributed by atoms with E-state index in [1.807, 2.05) is 24.3 Å². The van der Waals surface area contributed by atoms with Gasteiger partial charge in [0.05, 0.1) is 12.1 Å². The Bertz CT molecular complexity index is 590. The van der Waals surface area contributed by atoms with Crippen molar-refractivity contribution < 1.29 is 14.7 Å². The largest absolute Gasteiger partial charge is 0.390 e. The van der Waals surface area contributed by atoms with Gasteiger partial charge in [0, 0.05) is 32.5 Å². The van der Waals surface area contributed by atoms with Gasteiger partial charge in [-0.15, -0.1) is 0 Å². The van der Waals surface area contributed by atoms with Gasteiger partial charge >= 0.3 is 6.03 Å². The van der Waals surface area contributed by atoms with Crippen LogP contribution in [0, 0.1) is 0 Å². The summed E-state index contributed by atoms with van der Waals surface area (Å²) in [4.78, 5) is 25.3. The first-order valence-corrected chi connectivity index (χ1v) is 7.61. The van der Waals surface area contributed by atoms with Crippen molar-refractivity contribution in [3.8, 4) is 0 Å². The van der Waals surface area contributed by atoms with Gasteiger partial charge in [-0.25, -0.2) is 4.79 Å². The second-order valence-electron chi connectivity index (χ2n) is 6.08. The molecule has 1 aliphatic heterocycles. The Morgan fingerprint density at radius 2 is 2.09 bits per heavy atom. The van der Waals surface area contributed by atoms with Crippen molar-refractivity contribution in [3.05, 3.63) is 35.4 Å². The molecular weight excluding hydrogens is 282 g/mol. The number of urea groups is 1. The Hall–Kier alpha value is -2.08. The molecule has 0 spiro atoms. The molecule has 6 nitrogen and oxygen atoms in total. The normalized spacial score (nSPS) is 27.5. The Balaban J connectivity index is 1.59.